The van der Waals surface area contributed by atoms with E-state index in [9.17, 15) is 0 Å². The van der Waals surface area contributed by atoms with Crippen molar-refractivity contribution in [3.05, 3.63) is 103 Å². The maximum absolute atomic E-state index is 2.41. The van der Waals surface area contributed by atoms with E-state index in [1.165, 1.54) is 44.7 Å². The van der Waals surface area contributed by atoms with Gasteiger partial charge in [0.25, 0.3) is 0 Å². The molecule has 1 heterocycles. The zero-order chi connectivity index (χ0) is 20.7. The van der Waals surface area contributed by atoms with E-state index in [-0.39, 0.29) is 6.98 Å². The average Bonchev–Trinajstić information content (AvgIpc) is 3.03. The van der Waals surface area contributed by atoms with Crippen molar-refractivity contribution in [3.8, 4) is 22.3 Å². The number of fused-ring (bicyclic) bond motifs is 1. The van der Waals surface area contributed by atoms with Gasteiger partial charge in [0.2, 0.25) is 0 Å². The highest BCUT2D eigenvalue weighted by Crippen LogP contribution is 2.38. The number of hydrogen-bond donors (Lipinski definition) is 0. The molecule has 0 saturated heterocycles. The first-order chi connectivity index (χ1) is 14.6. The molecule has 3 heteroatoms. The molecule has 0 bridgehead atoms. The van der Waals surface area contributed by atoms with Gasteiger partial charge in [0.15, 0.2) is 0 Å². The Bertz CT molecular complexity index is 1130. The summed E-state index contributed by atoms with van der Waals surface area (Å²) in [6.07, 6.45) is 0. The topological polar surface area (TPSA) is 6.48 Å². The summed E-state index contributed by atoms with van der Waals surface area (Å²) in [7, 11) is 4.42. The molecule has 0 aliphatic carbocycles. The second-order valence-corrected chi connectivity index (χ2v) is 8.09. The fourth-order valence-corrected chi connectivity index (χ4v) is 4.71. The zero-order valence-corrected chi connectivity index (χ0v) is 17.7. The van der Waals surface area contributed by atoms with E-state index in [4.69, 9.17) is 0 Å². The molecule has 0 fully saturated rings. The highest BCUT2D eigenvalue weighted by molar-refractivity contribution is 6.84. The second-order valence-electron chi connectivity index (χ2n) is 8.09. The predicted molar refractivity (Wildman–Crippen MR) is 131 cm³/mol. The summed E-state index contributed by atoms with van der Waals surface area (Å²) in [6, 6.07) is 34.9. The van der Waals surface area contributed by atoms with Crippen molar-refractivity contribution in [1.82, 2.24) is 0 Å². The van der Waals surface area contributed by atoms with Crippen LogP contribution >= 0.6 is 0 Å². The lowest BCUT2D eigenvalue weighted by atomic mass is 9.60. The van der Waals surface area contributed by atoms with Gasteiger partial charge in [-0.2, -0.15) is 0 Å². The molecule has 2 nitrogen and oxygen atoms in total. The number of anilines is 2. The number of hydrogen-bond acceptors (Lipinski definition) is 2. The van der Waals surface area contributed by atoms with E-state index in [0.717, 1.165) is 0 Å². The molecule has 4 aromatic carbocycles. The van der Waals surface area contributed by atoms with E-state index < -0.39 is 0 Å². The number of rotatable bonds is 3. The first-order valence-corrected chi connectivity index (χ1v) is 10.5. The Hall–Kier alpha value is -3.46. The molecule has 1 aliphatic heterocycles. The highest BCUT2D eigenvalue weighted by Gasteiger charge is 2.40. The Morgan fingerprint density at radius 2 is 1.10 bits per heavy atom. The number of benzene rings is 4. The molecular weight excluding hydrogens is 363 g/mol. The van der Waals surface area contributed by atoms with Crippen molar-refractivity contribution in [1.29, 1.82) is 0 Å². The minimum Gasteiger partial charge on any atom is -0.393 e. The Labute approximate surface area is 179 Å². The van der Waals surface area contributed by atoms with Crippen LogP contribution in [0.1, 0.15) is 5.56 Å². The molecule has 30 heavy (non-hydrogen) atoms. The lowest BCUT2D eigenvalue weighted by Gasteiger charge is -2.28. The summed E-state index contributed by atoms with van der Waals surface area (Å²) in [6.45, 7) is 2.28. The van der Waals surface area contributed by atoms with Crippen LogP contribution in [0, 0.1) is 6.92 Å². The van der Waals surface area contributed by atoms with Gasteiger partial charge < -0.3 is 9.62 Å². The fourth-order valence-electron chi connectivity index (χ4n) is 4.71. The molecule has 0 aromatic heterocycles. The molecule has 0 unspecified atom stereocenters. The van der Waals surface area contributed by atoms with Gasteiger partial charge >= 0.3 is 6.98 Å². The second kappa shape index (κ2) is 7.42. The van der Waals surface area contributed by atoms with E-state index in [1.807, 2.05) is 0 Å². The molecule has 0 atom stereocenters. The van der Waals surface area contributed by atoms with Gasteiger partial charge in [-0.15, -0.1) is 0 Å². The lowest BCUT2D eigenvalue weighted by Crippen LogP contribution is -2.55. The minimum atomic E-state index is 0.119. The summed E-state index contributed by atoms with van der Waals surface area (Å²) in [5, 5.41) is 0. The van der Waals surface area contributed by atoms with Crippen molar-refractivity contribution < 1.29 is 0 Å². The van der Waals surface area contributed by atoms with Crippen LogP contribution in [0.5, 0.6) is 0 Å². The standard InChI is InChI=1S/C27H25BN2/c1-20-17-18-25-26(19-20)30(3)28(29(25)2)27-23(21-11-6-4-7-12-21)15-10-16-24(27)22-13-8-5-9-14-22/h4-19H,1-3H3. The van der Waals surface area contributed by atoms with Gasteiger partial charge in [0, 0.05) is 11.4 Å². The SMILES string of the molecule is Cc1ccc2c(c1)N(C)B(c1c(-c3ccccc3)cccc1-c1ccccc1)N2C. The summed E-state index contributed by atoms with van der Waals surface area (Å²) in [4.78, 5) is 4.82. The van der Waals surface area contributed by atoms with Crippen LogP contribution in [-0.4, -0.2) is 21.1 Å². The molecule has 0 saturated carbocycles. The molecule has 1 aliphatic rings. The fraction of sp³-hybridized carbons (Fsp3) is 0.111. The van der Waals surface area contributed by atoms with Gasteiger partial charge in [0.1, 0.15) is 0 Å². The van der Waals surface area contributed by atoms with Crippen molar-refractivity contribution in [2.75, 3.05) is 23.7 Å². The van der Waals surface area contributed by atoms with Crippen LogP contribution in [0.2, 0.25) is 0 Å². The third-order valence-electron chi connectivity index (χ3n) is 6.16. The first kappa shape index (κ1) is 18.6. The summed E-state index contributed by atoms with van der Waals surface area (Å²) < 4.78 is 0. The number of nitrogens with zero attached hydrogens (tertiary/aromatic N) is 2. The summed E-state index contributed by atoms with van der Waals surface area (Å²) >= 11 is 0. The third-order valence-corrected chi connectivity index (χ3v) is 6.16. The van der Waals surface area contributed by atoms with Crippen molar-refractivity contribution in [3.63, 3.8) is 0 Å². The molecule has 0 radical (unpaired) electrons. The lowest BCUT2D eigenvalue weighted by molar-refractivity contribution is 1.31. The maximum Gasteiger partial charge on any atom is 0.412 e. The van der Waals surface area contributed by atoms with Crippen LogP contribution in [0.3, 0.4) is 0 Å². The molecule has 0 spiro atoms. The predicted octanol–water partition coefficient (Wildman–Crippen LogP) is 5.61. The zero-order valence-electron chi connectivity index (χ0n) is 17.7. The molecular formula is C27H25BN2. The average molecular weight is 388 g/mol. The highest BCUT2D eigenvalue weighted by atomic mass is 15.3. The summed E-state index contributed by atoms with van der Waals surface area (Å²) in [5.41, 5.74) is 10.2. The third kappa shape index (κ3) is 2.98. The van der Waals surface area contributed by atoms with E-state index in [1.54, 1.807) is 0 Å². The Morgan fingerprint density at radius 3 is 1.67 bits per heavy atom. The maximum atomic E-state index is 2.41. The van der Waals surface area contributed by atoms with Gasteiger partial charge in [-0.1, -0.05) is 84.9 Å². The van der Waals surface area contributed by atoms with Crippen LogP contribution < -0.4 is 15.1 Å². The first-order valence-electron chi connectivity index (χ1n) is 10.5. The normalized spacial score (nSPS) is 13.0. The quantitative estimate of drug-likeness (QED) is 0.421. The van der Waals surface area contributed by atoms with Gasteiger partial charge in [-0.3, -0.25) is 0 Å². The van der Waals surface area contributed by atoms with Gasteiger partial charge in [-0.05, 0) is 66.4 Å². The number of aryl methyl sites for hydroxylation is 1. The van der Waals surface area contributed by atoms with Crippen LogP contribution in [0.4, 0.5) is 11.4 Å². The van der Waals surface area contributed by atoms with Crippen molar-refractivity contribution in [2.24, 2.45) is 0 Å². The van der Waals surface area contributed by atoms with E-state index in [0.29, 0.717) is 0 Å². The molecule has 5 rings (SSSR count). The molecule has 146 valence electrons. The molecule has 4 aromatic rings. The van der Waals surface area contributed by atoms with Crippen LogP contribution in [0.15, 0.2) is 97.1 Å². The largest absolute Gasteiger partial charge is 0.412 e. The Kier molecular flexibility index (Phi) is 4.59. The van der Waals surface area contributed by atoms with E-state index in [2.05, 4.69) is 128 Å². The summed E-state index contributed by atoms with van der Waals surface area (Å²) in [5.74, 6) is 0. The van der Waals surface area contributed by atoms with Crippen LogP contribution in [0.25, 0.3) is 22.3 Å². The van der Waals surface area contributed by atoms with Gasteiger partial charge in [-0.25, -0.2) is 0 Å². The smallest absolute Gasteiger partial charge is 0.393 e. The van der Waals surface area contributed by atoms with Gasteiger partial charge in [0.05, 0.1) is 0 Å². The van der Waals surface area contributed by atoms with E-state index >= 15 is 0 Å². The Morgan fingerprint density at radius 1 is 0.567 bits per heavy atom. The monoisotopic (exact) mass is 388 g/mol. The molecule has 0 N–H and O–H groups in total. The van der Waals surface area contributed by atoms with Crippen LogP contribution in [-0.2, 0) is 0 Å². The molecule has 0 amide bonds. The Balaban J connectivity index is 1.76. The minimum absolute atomic E-state index is 0.119. The van der Waals surface area contributed by atoms with Crippen molar-refractivity contribution >= 4 is 23.8 Å². The van der Waals surface area contributed by atoms with Crippen molar-refractivity contribution in [2.45, 2.75) is 6.92 Å².